The molecule has 0 radical (unpaired) electrons. The number of carbonyl (C=O) groups excluding carboxylic acids is 3. The van der Waals surface area contributed by atoms with E-state index in [0.29, 0.717) is 23.4 Å². The van der Waals surface area contributed by atoms with Crippen LogP contribution in [0.15, 0.2) is 109 Å². The van der Waals surface area contributed by atoms with E-state index in [9.17, 15) is 14.4 Å². The molecule has 1 aliphatic rings. The molecule has 0 bridgehead atoms. The van der Waals surface area contributed by atoms with Crippen LogP contribution >= 0.6 is 12.4 Å². The molecule has 0 fully saturated rings. The summed E-state index contributed by atoms with van der Waals surface area (Å²) < 4.78 is 0. The molecule has 210 valence electrons. The number of likely N-dealkylation sites (N-methyl/N-ethyl adjacent to an activating group) is 1. The van der Waals surface area contributed by atoms with Crippen LogP contribution in [-0.4, -0.2) is 36.9 Å². The summed E-state index contributed by atoms with van der Waals surface area (Å²) in [4.78, 5) is 42.7. The van der Waals surface area contributed by atoms with Crippen molar-refractivity contribution in [2.24, 2.45) is 0 Å². The van der Waals surface area contributed by atoms with Crippen LogP contribution in [0.2, 0.25) is 0 Å². The van der Waals surface area contributed by atoms with E-state index in [1.165, 1.54) is 4.90 Å². The van der Waals surface area contributed by atoms with E-state index in [0.717, 1.165) is 16.7 Å². The van der Waals surface area contributed by atoms with Crippen LogP contribution < -0.4 is 20.9 Å². The first-order valence-corrected chi connectivity index (χ1v) is 13.4. The Hall–Kier alpha value is -4.46. The van der Waals surface area contributed by atoms with Crippen molar-refractivity contribution in [2.45, 2.75) is 31.5 Å². The lowest BCUT2D eigenvalue weighted by atomic mass is 10.0. The van der Waals surface area contributed by atoms with Crippen molar-refractivity contribution in [3.63, 3.8) is 0 Å². The molecule has 0 unspecified atom stereocenters. The van der Waals surface area contributed by atoms with Gasteiger partial charge in [-0.05, 0) is 42.8 Å². The van der Waals surface area contributed by atoms with Gasteiger partial charge in [-0.25, -0.2) is 0 Å². The number of halogens is 1. The van der Waals surface area contributed by atoms with Gasteiger partial charge in [-0.2, -0.15) is 0 Å². The summed E-state index contributed by atoms with van der Waals surface area (Å²) in [6.07, 6.45) is 0.365. The number of rotatable bonds is 8. The Bertz CT molecular complexity index is 1510. The molecule has 0 saturated carbocycles. The highest BCUT2D eigenvalue weighted by molar-refractivity contribution is 6.10. The zero-order valence-corrected chi connectivity index (χ0v) is 23.7. The van der Waals surface area contributed by atoms with Gasteiger partial charge in [0.25, 0.3) is 5.91 Å². The molecule has 0 spiro atoms. The Morgan fingerprint density at radius 3 is 2.12 bits per heavy atom. The Balaban J connectivity index is 0.00000387. The third-order valence-corrected chi connectivity index (χ3v) is 7.28. The molecule has 1 heterocycles. The van der Waals surface area contributed by atoms with Crippen molar-refractivity contribution in [1.29, 1.82) is 0 Å². The smallest absolute Gasteiger partial charge is 0.254 e. The summed E-state index contributed by atoms with van der Waals surface area (Å²) in [5.41, 5.74) is 4.74. The van der Waals surface area contributed by atoms with Crippen LogP contribution in [0.1, 0.15) is 24.1 Å². The minimum Gasteiger partial charge on any atom is -0.339 e. The minimum absolute atomic E-state index is 0. The van der Waals surface area contributed by atoms with Crippen LogP contribution in [0.5, 0.6) is 0 Å². The highest BCUT2D eigenvalue weighted by Crippen LogP contribution is 2.36. The standard InChI is InChI=1S/C33H32N4O3.ClH/c1-22(34-2)31(38)36-30(24-15-7-4-8-16-24)33(40)37-28-20-12-9-17-25(28)21-29(37)32(39)35-27-19-11-10-18-26(27)23-13-5-3-6-14-23;/h3-20,22,29-30,34H,21H2,1-2H3,(H,35,39)(H,36,38);1H/t22-,29-,30-;/m0./s1. The Labute approximate surface area is 246 Å². The van der Waals surface area contributed by atoms with Gasteiger partial charge in [-0.1, -0.05) is 97.1 Å². The predicted octanol–water partition coefficient (Wildman–Crippen LogP) is 5.14. The van der Waals surface area contributed by atoms with E-state index in [2.05, 4.69) is 16.0 Å². The topological polar surface area (TPSA) is 90.5 Å². The van der Waals surface area contributed by atoms with Crippen molar-refractivity contribution in [1.82, 2.24) is 10.6 Å². The van der Waals surface area contributed by atoms with Crippen LogP contribution in [-0.2, 0) is 20.8 Å². The fraction of sp³-hybridized carbons (Fsp3) is 0.182. The summed E-state index contributed by atoms with van der Waals surface area (Å²) >= 11 is 0. The van der Waals surface area contributed by atoms with Gasteiger partial charge in [0.15, 0.2) is 0 Å². The first-order valence-electron chi connectivity index (χ1n) is 13.4. The van der Waals surface area contributed by atoms with Crippen LogP contribution in [0.3, 0.4) is 0 Å². The molecule has 0 aliphatic carbocycles. The molecule has 0 saturated heterocycles. The average molecular weight is 569 g/mol. The number of hydrogen-bond acceptors (Lipinski definition) is 4. The van der Waals surface area contributed by atoms with Crippen molar-refractivity contribution in [2.75, 3.05) is 17.3 Å². The van der Waals surface area contributed by atoms with Crippen LogP contribution in [0, 0.1) is 0 Å². The van der Waals surface area contributed by atoms with Gasteiger partial charge in [0.2, 0.25) is 11.8 Å². The van der Waals surface area contributed by atoms with Gasteiger partial charge in [0.1, 0.15) is 12.1 Å². The molecule has 4 aromatic carbocycles. The number of anilines is 2. The summed E-state index contributed by atoms with van der Waals surface area (Å²) in [6, 6.07) is 31.8. The first kappa shape index (κ1) is 29.5. The summed E-state index contributed by atoms with van der Waals surface area (Å²) in [7, 11) is 1.69. The van der Waals surface area contributed by atoms with Gasteiger partial charge in [0, 0.05) is 23.4 Å². The van der Waals surface area contributed by atoms with E-state index < -0.39 is 18.1 Å². The number of para-hydroxylation sites is 2. The summed E-state index contributed by atoms with van der Waals surface area (Å²) in [5.74, 6) is -0.978. The average Bonchev–Trinajstić information content (AvgIpc) is 3.40. The fourth-order valence-electron chi connectivity index (χ4n) is 5.02. The molecule has 8 heteroatoms. The molecule has 1 aliphatic heterocycles. The maximum absolute atomic E-state index is 14.3. The molecule has 3 amide bonds. The second-order valence-corrected chi connectivity index (χ2v) is 9.82. The normalized spacial score (nSPS) is 15.2. The van der Waals surface area contributed by atoms with E-state index in [1.807, 2.05) is 97.1 Å². The van der Waals surface area contributed by atoms with Crippen molar-refractivity contribution in [3.05, 3.63) is 120 Å². The molecular weight excluding hydrogens is 536 g/mol. The predicted molar refractivity (Wildman–Crippen MR) is 165 cm³/mol. The van der Waals surface area contributed by atoms with Gasteiger partial charge in [-0.15, -0.1) is 12.4 Å². The quantitative estimate of drug-likeness (QED) is 0.275. The third-order valence-electron chi connectivity index (χ3n) is 7.28. The van der Waals surface area contributed by atoms with Gasteiger partial charge < -0.3 is 16.0 Å². The molecule has 0 aromatic heterocycles. The van der Waals surface area contributed by atoms with E-state index in [4.69, 9.17) is 0 Å². The number of hydrogen-bond donors (Lipinski definition) is 3. The van der Waals surface area contributed by atoms with Crippen molar-refractivity contribution >= 4 is 41.5 Å². The monoisotopic (exact) mass is 568 g/mol. The Kier molecular flexibility index (Phi) is 9.55. The number of nitrogens with one attached hydrogen (secondary N) is 3. The highest BCUT2D eigenvalue weighted by atomic mass is 35.5. The zero-order valence-electron chi connectivity index (χ0n) is 22.9. The first-order chi connectivity index (χ1) is 19.5. The lowest BCUT2D eigenvalue weighted by Crippen LogP contribution is -2.52. The van der Waals surface area contributed by atoms with Crippen LogP contribution in [0.25, 0.3) is 11.1 Å². The number of nitrogens with zero attached hydrogens (tertiary/aromatic N) is 1. The molecule has 7 nitrogen and oxygen atoms in total. The van der Waals surface area contributed by atoms with Gasteiger partial charge >= 0.3 is 0 Å². The molecule has 41 heavy (non-hydrogen) atoms. The third kappa shape index (κ3) is 6.32. The summed E-state index contributed by atoms with van der Waals surface area (Å²) in [6.45, 7) is 1.73. The van der Waals surface area contributed by atoms with Crippen molar-refractivity contribution < 1.29 is 14.4 Å². The molecule has 3 atom stereocenters. The molecule has 4 aromatic rings. The van der Waals surface area contributed by atoms with E-state index >= 15 is 0 Å². The Morgan fingerprint density at radius 1 is 0.805 bits per heavy atom. The SMILES string of the molecule is CN[C@@H](C)C(=O)N[C@H](C(=O)N1c2ccccc2C[C@H]1C(=O)Nc1ccccc1-c1ccccc1)c1ccccc1.Cl. The summed E-state index contributed by atoms with van der Waals surface area (Å²) in [5, 5.41) is 8.91. The lowest BCUT2D eigenvalue weighted by molar-refractivity contribution is -0.129. The number of carbonyl (C=O) groups is 3. The minimum atomic E-state index is -0.970. The second kappa shape index (κ2) is 13.3. The Morgan fingerprint density at radius 2 is 1.41 bits per heavy atom. The van der Waals surface area contributed by atoms with E-state index in [1.54, 1.807) is 26.1 Å². The van der Waals surface area contributed by atoms with Gasteiger partial charge in [0.05, 0.1) is 6.04 Å². The van der Waals surface area contributed by atoms with Crippen LogP contribution in [0.4, 0.5) is 11.4 Å². The lowest BCUT2D eigenvalue weighted by Gasteiger charge is -2.30. The second-order valence-electron chi connectivity index (χ2n) is 9.82. The number of fused-ring (bicyclic) bond motifs is 1. The van der Waals surface area contributed by atoms with Crippen molar-refractivity contribution in [3.8, 4) is 11.1 Å². The van der Waals surface area contributed by atoms with E-state index in [-0.39, 0.29) is 30.1 Å². The molecule has 3 N–H and O–H groups in total. The molecule has 5 rings (SSSR count). The van der Waals surface area contributed by atoms with Gasteiger partial charge in [-0.3, -0.25) is 19.3 Å². The molecular formula is C33H33ClN4O3. The maximum atomic E-state index is 14.3. The highest BCUT2D eigenvalue weighted by Gasteiger charge is 2.42. The number of benzene rings is 4. The number of amides is 3. The fourth-order valence-corrected chi connectivity index (χ4v) is 5.02. The zero-order chi connectivity index (χ0) is 28.1. The largest absolute Gasteiger partial charge is 0.339 e. The maximum Gasteiger partial charge on any atom is 0.254 e.